The molecule has 1 aromatic carbocycles. The summed E-state index contributed by atoms with van der Waals surface area (Å²) in [6.07, 6.45) is -0.0492. The molecule has 76 valence electrons. The van der Waals surface area contributed by atoms with Gasteiger partial charge >= 0.3 is 5.97 Å². The van der Waals surface area contributed by atoms with Crippen LogP contribution in [0.15, 0.2) is 22.7 Å². The smallest absolute Gasteiger partial charge is 0.305 e. The number of halogens is 2. The Morgan fingerprint density at radius 2 is 2.29 bits per heavy atom. The average Bonchev–Trinajstić information content (AvgIpc) is 2.08. The van der Waals surface area contributed by atoms with Crippen molar-refractivity contribution in [2.24, 2.45) is 5.73 Å². The Hall–Kier alpha value is -0.140. The predicted molar refractivity (Wildman–Crippen MR) is 66.0 cm³/mol. The van der Waals surface area contributed by atoms with Crippen LogP contribution in [0.3, 0.4) is 0 Å². The Balaban J connectivity index is 2.93. The van der Waals surface area contributed by atoms with Gasteiger partial charge in [0.1, 0.15) is 0 Å². The van der Waals surface area contributed by atoms with Crippen LogP contribution < -0.4 is 5.73 Å². The van der Waals surface area contributed by atoms with E-state index in [1.54, 1.807) is 0 Å². The van der Waals surface area contributed by atoms with E-state index in [-0.39, 0.29) is 6.42 Å². The fraction of sp³-hybridized carbons (Fsp3) is 0.222. The first-order valence-corrected chi connectivity index (χ1v) is 5.80. The first kappa shape index (κ1) is 11.9. The van der Waals surface area contributed by atoms with Gasteiger partial charge in [0.15, 0.2) is 0 Å². The summed E-state index contributed by atoms with van der Waals surface area (Å²) in [5.74, 6) is -0.881. The van der Waals surface area contributed by atoms with E-state index in [4.69, 9.17) is 10.8 Å². The minimum absolute atomic E-state index is 0.0492. The molecule has 0 aromatic heterocycles. The summed E-state index contributed by atoms with van der Waals surface area (Å²) in [7, 11) is 0. The highest BCUT2D eigenvalue weighted by Gasteiger charge is 2.13. The summed E-state index contributed by atoms with van der Waals surface area (Å²) >= 11 is 5.47. The molecule has 0 aliphatic rings. The molecule has 0 bridgehead atoms. The highest BCUT2D eigenvalue weighted by Crippen LogP contribution is 2.24. The summed E-state index contributed by atoms with van der Waals surface area (Å²) in [5.41, 5.74) is 6.62. The summed E-state index contributed by atoms with van der Waals surface area (Å²) in [6.45, 7) is 0. The second-order valence-corrected chi connectivity index (χ2v) is 4.95. The number of rotatable bonds is 3. The summed E-state index contributed by atoms with van der Waals surface area (Å²) in [6, 6.07) is 5.22. The molecule has 0 aliphatic heterocycles. The maximum atomic E-state index is 10.5. The van der Waals surface area contributed by atoms with Gasteiger partial charge in [-0.2, -0.15) is 0 Å². The monoisotopic (exact) mass is 369 g/mol. The lowest BCUT2D eigenvalue weighted by Crippen LogP contribution is -2.16. The van der Waals surface area contributed by atoms with Crippen molar-refractivity contribution >= 4 is 44.5 Å². The molecule has 0 saturated carbocycles. The van der Waals surface area contributed by atoms with Gasteiger partial charge in [0.2, 0.25) is 0 Å². The van der Waals surface area contributed by atoms with Gasteiger partial charge < -0.3 is 10.8 Å². The minimum Gasteiger partial charge on any atom is -0.481 e. The van der Waals surface area contributed by atoms with E-state index in [0.717, 1.165) is 13.6 Å². The van der Waals surface area contributed by atoms with Crippen LogP contribution >= 0.6 is 38.5 Å². The Bertz CT molecular complexity index is 357. The molecule has 3 N–H and O–H groups in total. The van der Waals surface area contributed by atoms with Gasteiger partial charge in [0.05, 0.1) is 6.42 Å². The van der Waals surface area contributed by atoms with Crippen LogP contribution in [-0.2, 0) is 4.79 Å². The van der Waals surface area contributed by atoms with Crippen LogP contribution in [0.4, 0.5) is 0 Å². The van der Waals surface area contributed by atoms with E-state index < -0.39 is 12.0 Å². The highest BCUT2D eigenvalue weighted by atomic mass is 127. The van der Waals surface area contributed by atoms with Crippen LogP contribution in [0.5, 0.6) is 0 Å². The molecule has 3 nitrogen and oxygen atoms in total. The standard InChI is InChI=1S/C9H9BrINO2/c10-5-1-2-7(11)6(3-5)8(12)4-9(13)14/h1-3,8H,4,12H2,(H,13,14). The lowest BCUT2D eigenvalue weighted by Gasteiger charge is -2.11. The molecule has 1 aromatic rings. The number of carbonyl (C=O) groups is 1. The summed E-state index contributed by atoms with van der Waals surface area (Å²) in [5, 5.41) is 8.61. The molecule has 0 radical (unpaired) electrons. The molecule has 0 fully saturated rings. The number of hydrogen-bond acceptors (Lipinski definition) is 2. The maximum Gasteiger partial charge on any atom is 0.305 e. The first-order chi connectivity index (χ1) is 6.50. The quantitative estimate of drug-likeness (QED) is 0.805. The van der Waals surface area contributed by atoms with Gasteiger partial charge in [0.25, 0.3) is 0 Å². The van der Waals surface area contributed by atoms with Crippen molar-refractivity contribution in [1.82, 2.24) is 0 Å². The Morgan fingerprint density at radius 3 is 2.86 bits per heavy atom. The molecule has 1 rings (SSSR count). The molecule has 0 aliphatic carbocycles. The zero-order valence-electron chi connectivity index (χ0n) is 7.21. The Labute approximate surface area is 104 Å². The molecule has 1 unspecified atom stereocenters. The zero-order chi connectivity index (χ0) is 10.7. The second kappa shape index (κ2) is 5.09. The van der Waals surface area contributed by atoms with Crippen LogP contribution in [0, 0.1) is 3.57 Å². The lowest BCUT2D eigenvalue weighted by atomic mass is 10.1. The van der Waals surface area contributed by atoms with Gasteiger partial charge in [-0.05, 0) is 46.4 Å². The van der Waals surface area contributed by atoms with Crippen molar-refractivity contribution in [2.75, 3.05) is 0 Å². The van der Waals surface area contributed by atoms with Crippen molar-refractivity contribution in [2.45, 2.75) is 12.5 Å². The van der Waals surface area contributed by atoms with Crippen molar-refractivity contribution < 1.29 is 9.90 Å². The average molecular weight is 370 g/mol. The van der Waals surface area contributed by atoms with Crippen LogP contribution in [-0.4, -0.2) is 11.1 Å². The van der Waals surface area contributed by atoms with Crippen LogP contribution in [0.1, 0.15) is 18.0 Å². The van der Waals surface area contributed by atoms with Crippen molar-refractivity contribution in [3.05, 3.63) is 31.8 Å². The fourth-order valence-corrected chi connectivity index (χ4v) is 2.21. The number of benzene rings is 1. The Morgan fingerprint density at radius 1 is 1.64 bits per heavy atom. The summed E-state index contributed by atoms with van der Waals surface area (Å²) < 4.78 is 1.90. The molecule has 1 atom stereocenters. The van der Waals surface area contributed by atoms with Crippen LogP contribution in [0.25, 0.3) is 0 Å². The highest BCUT2D eigenvalue weighted by molar-refractivity contribution is 14.1. The number of aliphatic carboxylic acids is 1. The molecule has 5 heteroatoms. The normalized spacial score (nSPS) is 12.5. The number of hydrogen-bond donors (Lipinski definition) is 2. The minimum atomic E-state index is -0.881. The van der Waals surface area contributed by atoms with E-state index in [2.05, 4.69) is 38.5 Å². The Kier molecular flexibility index (Phi) is 4.33. The van der Waals surface area contributed by atoms with Gasteiger partial charge in [0, 0.05) is 14.1 Å². The van der Waals surface area contributed by atoms with E-state index in [1.165, 1.54) is 0 Å². The second-order valence-electron chi connectivity index (χ2n) is 2.87. The number of carboxylic acids is 1. The lowest BCUT2D eigenvalue weighted by molar-refractivity contribution is -0.137. The van der Waals surface area contributed by atoms with E-state index in [9.17, 15) is 4.79 Å². The van der Waals surface area contributed by atoms with Crippen LogP contribution in [0.2, 0.25) is 0 Å². The van der Waals surface area contributed by atoms with Crippen molar-refractivity contribution in [3.63, 3.8) is 0 Å². The molecule has 0 amide bonds. The molecular formula is C9H9BrINO2. The third-order valence-corrected chi connectivity index (χ3v) is 3.23. The third kappa shape index (κ3) is 3.21. The number of carboxylic acid groups (broad SMARTS) is 1. The molecule has 0 heterocycles. The molecule has 0 spiro atoms. The zero-order valence-corrected chi connectivity index (χ0v) is 10.9. The van der Waals surface area contributed by atoms with E-state index in [0.29, 0.717) is 0 Å². The van der Waals surface area contributed by atoms with Gasteiger partial charge in [-0.15, -0.1) is 0 Å². The number of nitrogens with two attached hydrogens (primary N) is 1. The molecule has 14 heavy (non-hydrogen) atoms. The summed E-state index contributed by atoms with van der Waals surface area (Å²) in [4.78, 5) is 10.5. The largest absolute Gasteiger partial charge is 0.481 e. The molecular weight excluding hydrogens is 361 g/mol. The van der Waals surface area contributed by atoms with E-state index in [1.807, 2.05) is 18.2 Å². The SMILES string of the molecule is NC(CC(=O)O)c1cc(Br)ccc1I. The fourth-order valence-electron chi connectivity index (χ4n) is 1.10. The van der Waals surface area contributed by atoms with E-state index >= 15 is 0 Å². The first-order valence-electron chi connectivity index (χ1n) is 3.93. The van der Waals surface area contributed by atoms with Gasteiger partial charge in [-0.1, -0.05) is 15.9 Å². The predicted octanol–water partition coefficient (Wildman–Crippen LogP) is 2.53. The molecule has 0 saturated heterocycles. The third-order valence-electron chi connectivity index (χ3n) is 1.75. The topological polar surface area (TPSA) is 63.3 Å². The van der Waals surface area contributed by atoms with Crippen molar-refractivity contribution in [3.8, 4) is 0 Å². The van der Waals surface area contributed by atoms with Gasteiger partial charge in [-0.3, -0.25) is 4.79 Å². The van der Waals surface area contributed by atoms with Gasteiger partial charge in [-0.25, -0.2) is 0 Å². The maximum absolute atomic E-state index is 10.5. The van der Waals surface area contributed by atoms with Crippen molar-refractivity contribution in [1.29, 1.82) is 0 Å².